The van der Waals surface area contributed by atoms with Crippen molar-refractivity contribution in [3.05, 3.63) is 11.4 Å². The van der Waals surface area contributed by atoms with Gasteiger partial charge in [-0.3, -0.25) is 4.79 Å². The second kappa shape index (κ2) is 6.21. The fourth-order valence-electron chi connectivity index (χ4n) is 1.86. The molecule has 2 rings (SSSR count). The molecule has 0 bridgehead atoms. The van der Waals surface area contributed by atoms with Crippen LogP contribution >= 0.6 is 11.6 Å². The van der Waals surface area contributed by atoms with Crippen LogP contribution < -0.4 is 0 Å². The van der Waals surface area contributed by atoms with Crippen molar-refractivity contribution in [1.29, 1.82) is 0 Å². The molecule has 7 nitrogen and oxygen atoms in total. The van der Waals surface area contributed by atoms with Crippen LogP contribution in [0.25, 0.3) is 0 Å². The maximum absolute atomic E-state index is 12.0. The largest absolute Gasteiger partial charge is 0.461 e. The van der Waals surface area contributed by atoms with Gasteiger partial charge in [0.15, 0.2) is 5.69 Å². The number of hydrogen-bond donors (Lipinski definition) is 0. The van der Waals surface area contributed by atoms with Gasteiger partial charge in [0, 0.05) is 13.1 Å². The molecule has 0 N–H and O–H groups in total. The maximum atomic E-state index is 12.0. The van der Waals surface area contributed by atoms with Gasteiger partial charge in [-0.05, 0) is 19.8 Å². The predicted octanol–water partition coefficient (Wildman–Crippen LogP) is 0.814. The average molecular weight is 301 g/mol. The van der Waals surface area contributed by atoms with Crippen molar-refractivity contribution >= 4 is 23.5 Å². The third-order valence-electron chi connectivity index (χ3n) is 3.21. The Morgan fingerprint density at radius 3 is 2.75 bits per heavy atom. The molecule has 20 heavy (non-hydrogen) atoms. The Kier molecular flexibility index (Phi) is 4.59. The molecule has 0 spiro atoms. The van der Waals surface area contributed by atoms with Gasteiger partial charge < -0.3 is 9.64 Å². The normalized spacial score (nSPS) is 14.2. The molecular weight excluding hydrogens is 284 g/mol. The number of nitrogens with zero attached hydrogens (tertiary/aromatic N) is 4. The first-order valence-electron chi connectivity index (χ1n) is 6.49. The molecule has 0 unspecified atom stereocenters. The molecule has 1 amide bonds. The van der Waals surface area contributed by atoms with Crippen molar-refractivity contribution in [3.63, 3.8) is 0 Å². The molecule has 0 saturated heterocycles. The van der Waals surface area contributed by atoms with E-state index in [2.05, 4.69) is 10.3 Å². The third kappa shape index (κ3) is 3.09. The highest BCUT2D eigenvalue weighted by Crippen LogP contribution is 2.25. The molecule has 1 aliphatic rings. The summed E-state index contributed by atoms with van der Waals surface area (Å²) in [6.07, 6.45) is 2.08. The summed E-state index contributed by atoms with van der Waals surface area (Å²) in [6.45, 7) is 1.98. The lowest BCUT2D eigenvalue weighted by Crippen LogP contribution is -2.32. The molecule has 0 aromatic carbocycles. The number of esters is 1. The maximum Gasteiger partial charge on any atom is 0.360 e. The quantitative estimate of drug-likeness (QED) is 0.574. The summed E-state index contributed by atoms with van der Waals surface area (Å²) in [4.78, 5) is 25.4. The molecule has 0 radical (unpaired) electrons. The van der Waals surface area contributed by atoms with E-state index in [1.807, 2.05) is 0 Å². The number of carbonyl (C=O) groups is 2. The van der Waals surface area contributed by atoms with E-state index >= 15 is 0 Å². The number of hydrogen-bond acceptors (Lipinski definition) is 5. The minimum atomic E-state index is -0.572. The highest BCUT2D eigenvalue weighted by Gasteiger charge is 2.30. The van der Waals surface area contributed by atoms with Crippen LogP contribution in [0, 0.1) is 0 Å². The molecule has 1 aliphatic carbocycles. The SMILES string of the molecule is CCOC(=O)c1nnn(CC(=O)N(C)C2CC2)c1CCl. The van der Waals surface area contributed by atoms with E-state index in [1.54, 1.807) is 18.9 Å². The number of aromatic nitrogens is 3. The first-order valence-corrected chi connectivity index (χ1v) is 7.03. The van der Waals surface area contributed by atoms with E-state index in [0.717, 1.165) is 12.8 Å². The number of carbonyl (C=O) groups excluding carboxylic acids is 2. The Bertz CT molecular complexity index is 513. The Hall–Kier alpha value is -1.63. The zero-order valence-electron chi connectivity index (χ0n) is 11.5. The zero-order valence-corrected chi connectivity index (χ0v) is 12.3. The van der Waals surface area contributed by atoms with Crippen LogP contribution in [0.2, 0.25) is 0 Å². The van der Waals surface area contributed by atoms with Gasteiger partial charge in [-0.15, -0.1) is 16.7 Å². The lowest BCUT2D eigenvalue weighted by Gasteiger charge is -2.16. The van der Waals surface area contributed by atoms with E-state index in [0.29, 0.717) is 11.7 Å². The summed E-state index contributed by atoms with van der Waals surface area (Å²) in [6, 6.07) is 0.329. The van der Waals surface area contributed by atoms with Crippen molar-refractivity contribution in [2.45, 2.75) is 38.2 Å². The van der Waals surface area contributed by atoms with E-state index in [9.17, 15) is 9.59 Å². The topological polar surface area (TPSA) is 77.3 Å². The summed E-state index contributed by atoms with van der Waals surface area (Å²) in [5, 5.41) is 7.59. The van der Waals surface area contributed by atoms with Crippen molar-refractivity contribution < 1.29 is 14.3 Å². The second-order valence-electron chi connectivity index (χ2n) is 4.63. The van der Waals surface area contributed by atoms with Gasteiger partial charge >= 0.3 is 5.97 Å². The molecule has 1 aromatic heterocycles. The standard InChI is InChI=1S/C12H17ClN4O3/c1-3-20-12(19)11-9(6-13)17(15-14-11)7-10(18)16(2)8-4-5-8/h8H,3-7H2,1-2H3. The van der Waals surface area contributed by atoms with Crippen molar-refractivity contribution in [2.24, 2.45) is 0 Å². The fraction of sp³-hybridized carbons (Fsp3) is 0.667. The van der Waals surface area contributed by atoms with Gasteiger partial charge in [-0.25, -0.2) is 9.48 Å². The Morgan fingerprint density at radius 1 is 1.50 bits per heavy atom. The Labute approximate surface area is 121 Å². The minimum absolute atomic E-state index is 0.0292. The van der Waals surface area contributed by atoms with E-state index < -0.39 is 5.97 Å². The molecule has 8 heteroatoms. The van der Waals surface area contributed by atoms with E-state index in [-0.39, 0.29) is 30.6 Å². The van der Waals surface area contributed by atoms with Crippen LogP contribution in [-0.4, -0.2) is 51.5 Å². The zero-order chi connectivity index (χ0) is 14.7. The van der Waals surface area contributed by atoms with Crippen molar-refractivity contribution in [3.8, 4) is 0 Å². The molecule has 1 fully saturated rings. The highest BCUT2D eigenvalue weighted by atomic mass is 35.5. The smallest absolute Gasteiger partial charge is 0.360 e. The van der Waals surface area contributed by atoms with Crippen molar-refractivity contribution in [1.82, 2.24) is 19.9 Å². The van der Waals surface area contributed by atoms with Gasteiger partial charge in [-0.1, -0.05) is 5.21 Å². The summed E-state index contributed by atoms with van der Waals surface area (Å²) < 4.78 is 6.24. The summed E-state index contributed by atoms with van der Waals surface area (Å²) in [7, 11) is 1.77. The first kappa shape index (κ1) is 14.8. The number of likely N-dealkylation sites (N-methyl/N-ethyl adjacent to an activating group) is 1. The number of amides is 1. The van der Waals surface area contributed by atoms with Gasteiger partial charge in [0.05, 0.1) is 18.2 Å². The summed E-state index contributed by atoms with van der Waals surface area (Å²) in [5.74, 6) is -0.599. The van der Waals surface area contributed by atoms with Gasteiger partial charge in [0.1, 0.15) is 6.54 Å². The predicted molar refractivity (Wildman–Crippen MR) is 71.3 cm³/mol. The first-order chi connectivity index (χ1) is 9.58. The molecular formula is C12H17ClN4O3. The van der Waals surface area contributed by atoms with Gasteiger partial charge in [-0.2, -0.15) is 0 Å². The summed E-state index contributed by atoms with van der Waals surface area (Å²) >= 11 is 5.83. The van der Waals surface area contributed by atoms with Crippen LogP contribution in [0.5, 0.6) is 0 Å². The summed E-state index contributed by atoms with van der Waals surface area (Å²) in [5.41, 5.74) is 0.478. The molecule has 0 atom stereocenters. The lowest BCUT2D eigenvalue weighted by atomic mass is 10.3. The third-order valence-corrected chi connectivity index (χ3v) is 3.46. The second-order valence-corrected chi connectivity index (χ2v) is 4.90. The van der Waals surface area contributed by atoms with Crippen LogP contribution in [-0.2, 0) is 22.0 Å². The molecule has 1 aromatic rings. The molecule has 1 heterocycles. The molecule has 0 aliphatic heterocycles. The monoisotopic (exact) mass is 300 g/mol. The van der Waals surface area contributed by atoms with Gasteiger partial charge in [0.25, 0.3) is 0 Å². The Morgan fingerprint density at radius 2 is 2.20 bits per heavy atom. The average Bonchev–Trinajstić information content (AvgIpc) is 3.19. The van der Waals surface area contributed by atoms with Crippen LogP contribution in [0.3, 0.4) is 0 Å². The lowest BCUT2D eigenvalue weighted by molar-refractivity contribution is -0.131. The number of rotatable bonds is 6. The minimum Gasteiger partial charge on any atom is -0.461 e. The molecule has 1 saturated carbocycles. The van der Waals surface area contributed by atoms with Crippen LogP contribution in [0.15, 0.2) is 0 Å². The fourth-order valence-corrected chi connectivity index (χ4v) is 2.12. The van der Waals surface area contributed by atoms with Crippen LogP contribution in [0.1, 0.15) is 35.9 Å². The molecule has 110 valence electrons. The van der Waals surface area contributed by atoms with Gasteiger partial charge in [0.2, 0.25) is 5.91 Å². The van der Waals surface area contributed by atoms with E-state index in [1.165, 1.54) is 4.68 Å². The van der Waals surface area contributed by atoms with Crippen LogP contribution in [0.4, 0.5) is 0 Å². The number of ether oxygens (including phenoxy) is 1. The Balaban J connectivity index is 2.11. The van der Waals surface area contributed by atoms with E-state index in [4.69, 9.17) is 16.3 Å². The highest BCUT2D eigenvalue weighted by molar-refractivity contribution is 6.17. The number of halogens is 1. The number of alkyl halides is 1. The van der Waals surface area contributed by atoms with Crippen molar-refractivity contribution in [2.75, 3.05) is 13.7 Å².